The molecule has 2 heterocycles. The Bertz CT molecular complexity index is 473. The van der Waals surface area contributed by atoms with E-state index in [9.17, 15) is 4.79 Å². The molecule has 0 saturated carbocycles. The average Bonchev–Trinajstić information content (AvgIpc) is 3.08. The predicted octanol–water partition coefficient (Wildman–Crippen LogP) is 1.87. The summed E-state index contributed by atoms with van der Waals surface area (Å²) in [7, 11) is 0. The van der Waals surface area contributed by atoms with Gasteiger partial charge in [-0.05, 0) is 55.1 Å². The van der Waals surface area contributed by atoms with E-state index < -0.39 is 0 Å². The largest absolute Gasteiger partial charge is 0.372 e. The van der Waals surface area contributed by atoms with Crippen molar-refractivity contribution in [1.82, 2.24) is 10.6 Å². The fourth-order valence-corrected chi connectivity index (χ4v) is 2.77. The van der Waals surface area contributed by atoms with Crippen molar-refractivity contribution < 1.29 is 9.53 Å². The molecule has 2 N–H and O–H groups in total. The number of carbonyl (C=O) groups is 1. The van der Waals surface area contributed by atoms with Gasteiger partial charge in [-0.2, -0.15) is 0 Å². The normalized spacial score (nSPS) is 20.3. The molecule has 0 aliphatic carbocycles. The fraction of sp³-hybridized carbons (Fsp3) is 0.533. The van der Waals surface area contributed by atoms with Crippen LogP contribution in [0.3, 0.4) is 0 Å². The minimum Gasteiger partial charge on any atom is -0.372 e. The number of hydrogen-bond acceptors (Lipinski definition) is 3. The van der Waals surface area contributed by atoms with Crippen molar-refractivity contribution in [2.75, 3.05) is 19.6 Å². The maximum atomic E-state index is 12.1. The lowest BCUT2D eigenvalue weighted by atomic mass is 10.0. The van der Waals surface area contributed by atoms with Crippen LogP contribution in [-0.2, 0) is 18.0 Å². The molecule has 110 valence electrons. The molecule has 2 aliphatic heterocycles. The van der Waals surface area contributed by atoms with E-state index in [0.717, 1.165) is 37.2 Å². The van der Waals surface area contributed by atoms with E-state index >= 15 is 0 Å². The summed E-state index contributed by atoms with van der Waals surface area (Å²) in [6.45, 7) is 4.27. The third-order valence-electron chi connectivity index (χ3n) is 3.98. The molecule has 20 heavy (non-hydrogen) atoms. The second-order valence-electron chi connectivity index (χ2n) is 5.38. The van der Waals surface area contributed by atoms with Crippen LogP contribution in [0.25, 0.3) is 0 Å². The number of nitrogens with one attached hydrogen (secondary N) is 2. The quantitative estimate of drug-likeness (QED) is 0.892. The summed E-state index contributed by atoms with van der Waals surface area (Å²) < 4.78 is 5.36. The highest BCUT2D eigenvalue weighted by atomic mass is 35.5. The maximum absolute atomic E-state index is 12.1. The van der Waals surface area contributed by atoms with Crippen LogP contribution in [0.1, 0.15) is 34.3 Å². The highest BCUT2D eigenvalue weighted by Crippen LogP contribution is 2.20. The molecule has 0 aromatic heterocycles. The Labute approximate surface area is 125 Å². The van der Waals surface area contributed by atoms with E-state index in [-0.39, 0.29) is 18.3 Å². The topological polar surface area (TPSA) is 50.4 Å². The molecule has 3 rings (SSSR count). The maximum Gasteiger partial charge on any atom is 0.251 e. The zero-order chi connectivity index (χ0) is 13.1. The van der Waals surface area contributed by atoms with Crippen LogP contribution < -0.4 is 10.6 Å². The molecule has 0 bridgehead atoms. The van der Waals surface area contributed by atoms with E-state index in [4.69, 9.17) is 4.74 Å². The summed E-state index contributed by atoms with van der Waals surface area (Å²) in [5, 5.41) is 6.35. The van der Waals surface area contributed by atoms with Crippen molar-refractivity contribution in [1.29, 1.82) is 0 Å². The van der Waals surface area contributed by atoms with Gasteiger partial charge in [0.2, 0.25) is 0 Å². The van der Waals surface area contributed by atoms with Gasteiger partial charge in [0.1, 0.15) is 0 Å². The third kappa shape index (κ3) is 3.51. The van der Waals surface area contributed by atoms with Gasteiger partial charge in [-0.3, -0.25) is 4.79 Å². The van der Waals surface area contributed by atoms with E-state index in [2.05, 4.69) is 10.6 Å². The molecule has 0 spiro atoms. The molecule has 1 fully saturated rings. The van der Waals surface area contributed by atoms with Crippen molar-refractivity contribution in [2.45, 2.75) is 26.1 Å². The number of ether oxygens (including phenoxy) is 1. The molecule has 1 unspecified atom stereocenters. The summed E-state index contributed by atoms with van der Waals surface area (Å²) in [5.74, 6) is 0.745. The minimum atomic E-state index is 0. The van der Waals surface area contributed by atoms with E-state index in [1.807, 2.05) is 18.2 Å². The monoisotopic (exact) mass is 296 g/mol. The fourth-order valence-electron chi connectivity index (χ4n) is 2.77. The van der Waals surface area contributed by atoms with Crippen LogP contribution in [-0.4, -0.2) is 25.5 Å². The molecule has 1 aromatic carbocycles. The zero-order valence-electron chi connectivity index (χ0n) is 11.5. The van der Waals surface area contributed by atoms with Crippen molar-refractivity contribution >= 4 is 18.3 Å². The van der Waals surface area contributed by atoms with E-state index in [1.54, 1.807) is 0 Å². The number of benzene rings is 1. The number of fused-ring (bicyclic) bond motifs is 1. The van der Waals surface area contributed by atoms with Crippen LogP contribution in [0, 0.1) is 5.92 Å². The first-order chi connectivity index (χ1) is 9.33. The smallest absolute Gasteiger partial charge is 0.251 e. The lowest BCUT2D eigenvalue weighted by Gasteiger charge is -2.10. The van der Waals surface area contributed by atoms with Crippen LogP contribution >= 0.6 is 12.4 Å². The average molecular weight is 297 g/mol. The van der Waals surface area contributed by atoms with Crippen molar-refractivity contribution in [3.05, 3.63) is 34.9 Å². The van der Waals surface area contributed by atoms with Gasteiger partial charge in [-0.25, -0.2) is 0 Å². The number of amides is 1. The highest BCUT2D eigenvalue weighted by molar-refractivity contribution is 5.94. The molecule has 1 aromatic rings. The Kier molecular flexibility index (Phi) is 5.40. The summed E-state index contributed by atoms with van der Waals surface area (Å²) in [5.41, 5.74) is 3.09. The van der Waals surface area contributed by atoms with Crippen molar-refractivity contribution in [3.63, 3.8) is 0 Å². The Morgan fingerprint density at radius 3 is 3.00 bits per heavy atom. The molecule has 0 radical (unpaired) electrons. The second kappa shape index (κ2) is 7.07. The van der Waals surface area contributed by atoms with Gasteiger partial charge >= 0.3 is 0 Å². The van der Waals surface area contributed by atoms with Crippen LogP contribution in [0.2, 0.25) is 0 Å². The Morgan fingerprint density at radius 2 is 2.20 bits per heavy atom. The molecular formula is C15H21ClN2O2. The Hall–Kier alpha value is -1.10. The van der Waals surface area contributed by atoms with Gasteiger partial charge < -0.3 is 15.4 Å². The van der Waals surface area contributed by atoms with Gasteiger partial charge in [0.25, 0.3) is 5.91 Å². The van der Waals surface area contributed by atoms with Gasteiger partial charge in [0.15, 0.2) is 0 Å². The SMILES string of the molecule is Cl.O=C(NCCC1CCNC1)c1ccc2c(c1)COC2. The second-order valence-corrected chi connectivity index (χ2v) is 5.38. The summed E-state index contributed by atoms with van der Waals surface area (Å²) in [4.78, 5) is 12.1. The van der Waals surface area contributed by atoms with Gasteiger partial charge in [0.05, 0.1) is 13.2 Å². The van der Waals surface area contributed by atoms with Crippen LogP contribution in [0.15, 0.2) is 18.2 Å². The lowest BCUT2D eigenvalue weighted by molar-refractivity contribution is 0.0951. The Morgan fingerprint density at radius 1 is 1.35 bits per heavy atom. The molecule has 2 aliphatic rings. The van der Waals surface area contributed by atoms with Gasteiger partial charge in [0, 0.05) is 12.1 Å². The molecular weight excluding hydrogens is 276 g/mol. The van der Waals surface area contributed by atoms with Crippen LogP contribution in [0.5, 0.6) is 0 Å². The van der Waals surface area contributed by atoms with E-state index in [0.29, 0.717) is 19.1 Å². The molecule has 1 atom stereocenters. The van der Waals surface area contributed by atoms with Gasteiger partial charge in [-0.15, -0.1) is 12.4 Å². The zero-order valence-corrected chi connectivity index (χ0v) is 12.3. The molecule has 5 heteroatoms. The minimum absolute atomic E-state index is 0. The van der Waals surface area contributed by atoms with E-state index in [1.165, 1.54) is 12.0 Å². The number of hydrogen-bond donors (Lipinski definition) is 2. The van der Waals surface area contributed by atoms with Crippen molar-refractivity contribution in [2.24, 2.45) is 5.92 Å². The number of halogens is 1. The third-order valence-corrected chi connectivity index (χ3v) is 3.98. The molecule has 4 nitrogen and oxygen atoms in total. The number of rotatable bonds is 4. The van der Waals surface area contributed by atoms with Crippen LogP contribution in [0.4, 0.5) is 0 Å². The lowest BCUT2D eigenvalue weighted by Crippen LogP contribution is -2.26. The summed E-state index contributed by atoms with van der Waals surface area (Å²) in [6.07, 6.45) is 2.29. The summed E-state index contributed by atoms with van der Waals surface area (Å²) in [6, 6.07) is 5.84. The first-order valence-corrected chi connectivity index (χ1v) is 7.01. The highest BCUT2D eigenvalue weighted by Gasteiger charge is 2.16. The molecule has 1 amide bonds. The van der Waals surface area contributed by atoms with Crippen molar-refractivity contribution in [3.8, 4) is 0 Å². The summed E-state index contributed by atoms with van der Waals surface area (Å²) >= 11 is 0. The van der Waals surface area contributed by atoms with Gasteiger partial charge in [-0.1, -0.05) is 6.07 Å². The molecule has 1 saturated heterocycles. The first-order valence-electron chi connectivity index (χ1n) is 7.01. The first kappa shape index (κ1) is 15.3. The predicted molar refractivity (Wildman–Crippen MR) is 80.1 cm³/mol. The number of carbonyl (C=O) groups excluding carboxylic acids is 1. The standard InChI is InChI=1S/C15H20N2O2.ClH/c18-15(17-6-4-11-3-5-16-8-11)12-1-2-13-9-19-10-14(13)7-12;/h1-2,7,11,16H,3-6,8-10H2,(H,17,18);1H. The Balaban J connectivity index is 0.00000147.